The van der Waals surface area contributed by atoms with Gasteiger partial charge in [0.2, 0.25) is 0 Å². The monoisotopic (exact) mass is 403 g/mol. The van der Waals surface area contributed by atoms with E-state index in [4.69, 9.17) is 9.47 Å². The van der Waals surface area contributed by atoms with Crippen LogP contribution in [0.25, 0.3) is 10.8 Å². The van der Waals surface area contributed by atoms with Crippen LogP contribution in [0.1, 0.15) is 21.5 Å². The zero-order valence-electron chi connectivity index (χ0n) is 16.5. The van der Waals surface area contributed by atoms with Gasteiger partial charge in [-0.1, -0.05) is 54.6 Å². The Labute approximate surface area is 174 Å². The molecular formula is C24H21NO5. The molecule has 0 saturated heterocycles. The van der Waals surface area contributed by atoms with Crippen molar-refractivity contribution in [3.8, 4) is 5.75 Å². The summed E-state index contributed by atoms with van der Waals surface area (Å²) in [5.41, 5.74) is 2.41. The molecule has 0 spiro atoms. The van der Waals surface area contributed by atoms with Gasteiger partial charge in [-0.05, 0) is 28.0 Å². The van der Waals surface area contributed by atoms with Gasteiger partial charge in [-0.3, -0.25) is 9.59 Å². The van der Waals surface area contributed by atoms with Crippen molar-refractivity contribution in [3.05, 3.63) is 77.4 Å². The molecule has 0 radical (unpaired) electrons. The second kappa shape index (κ2) is 8.37. The van der Waals surface area contributed by atoms with Gasteiger partial charge in [0, 0.05) is 13.0 Å². The number of nitrogens with zero attached hydrogens (tertiary/aromatic N) is 1. The second-order valence-corrected chi connectivity index (χ2v) is 7.14. The van der Waals surface area contributed by atoms with Crippen molar-refractivity contribution in [2.24, 2.45) is 0 Å². The summed E-state index contributed by atoms with van der Waals surface area (Å²) in [6.45, 7) is 0.0191. The van der Waals surface area contributed by atoms with Crippen LogP contribution in [-0.4, -0.2) is 42.8 Å². The molecule has 0 unspecified atom stereocenters. The van der Waals surface area contributed by atoms with E-state index in [0.717, 1.165) is 28.2 Å². The maximum atomic E-state index is 13.0. The van der Waals surface area contributed by atoms with Crippen LogP contribution in [-0.2, 0) is 27.3 Å². The average molecular weight is 403 g/mol. The van der Waals surface area contributed by atoms with Gasteiger partial charge in [-0.2, -0.15) is 0 Å². The summed E-state index contributed by atoms with van der Waals surface area (Å²) in [7, 11) is 1.31. The molecule has 6 nitrogen and oxygen atoms in total. The van der Waals surface area contributed by atoms with Gasteiger partial charge in [0.05, 0.1) is 12.7 Å². The number of hydrogen-bond donors (Lipinski definition) is 0. The van der Waals surface area contributed by atoms with E-state index in [9.17, 15) is 14.4 Å². The first-order valence-corrected chi connectivity index (χ1v) is 9.66. The van der Waals surface area contributed by atoms with Crippen LogP contribution < -0.4 is 4.74 Å². The zero-order chi connectivity index (χ0) is 21.1. The molecule has 0 aliphatic carbocycles. The van der Waals surface area contributed by atoms with Gasteiger partial charge in [0.25, 0.3) is 5.91 Å². The summed E-state index contributed by atoms with van der Waals surface area (Å²) in [4.78, 5) is 38.4. The molecule has 6 heteroatoms. The Morgan fingerprint density at radius 1 is 1.03 bits per heavy atom. The first kappa shape index (κ1) is 19.6. The Morgan fingerprint density at radius 3 is 2.53 bits per heavy atom. The fourth-order valence-corrected chi connectivity index (χ4v) is 3.88. The lowest BCUT2D eigenvalue weighted by atomic mass is 9.94. The quantitative estimate of drug-likeness (QED) is 0.483. The Kier molecular flexibility index (Phi) is 5.48. The number of fused-ring (bicyclic) bond motifs is 2. The molecule has 0 aromatic heterocycles. The molecule has 0 fully saturated rings. The largest absolute Gasteiger partial charge is 0.483 e. The van der Waals surface area contributed by atoms with E-state index in [1.165, 1.54) is 12.0 Å². The van der Waals surface area contributed by atoms with E-state index in [-0.39, 0.29) is 12.5 Å². The number of esters is 1. The van der Waals surface area contributed by atoms with Crippen molar-refractivity contribution >= 4 is 28.9 Å². The highest BCUT2D eigenvalue weighted by Gasteiger charge is 2.35. The standard InChI is InChI=1S/C24H21NO5/c1-29-24(28)21-12-17-7-2-3-8-18(17)13-25(21)23(27)15-30-22-11-10-16-6-4-5-9-19(16)20(22)14-26/h2-11,14,21H,12-13,15H2,1H3/t21-/m1/s1. The number of amides is 1. The minimum atomic E-state index is -0.705. The van der Waals surface area contributed by atoms with E-state index < -0.39 is 12.0 Å². The van der Waals surface area contributed by atoms with Gasteiger partial charge in [-0.25, -0.2) is 4.79 Å². The molecule has 30 heavy (non-hydrogen) atoms. The molecule has 0 bridgehead atoms. The zero-order valence-corrected chi connectivity index (χ0v) is 16.5. The summed E-state index contributed by atoms with van der Waals surface area (Å²) in [5.74, 6) is -0.467. The van der Waals surface area contributed by atoms with Crippen molar-refractivity contribution in [2.75, 3.05) is 13.7 Å². The number of carbonyl (C=O) groups is 3. The molecule has 1 atom stereocenters. The lowest BCUT2D eigenvalue weighted by Crippen LogP contribution is -2.50. The Morgan fingerprint density at radius 2 is 1.77 bits per heavy atom. The number of ether oxygens (including phenoxy) is 2. The van der Waals surface area contributed by atoms with E-state index in [1.807, 2.05) is 54.6 Å². The highest BCUT2D eigenvalue weighted by atomic mass is 16.5. The number of carbonyl (C=O) groups excluding carboxylic acids is 3. The van der Waals surface area contributed by atoms with E-state index >= 15 is 0 Å². The SMILES string of the molecule is COC(=O)[C@H]1Cc2ccccc2CN1C(=O)COc1ccc2ccccc2c1C=O. The van der Waals surface area contributed by atoms with Crippen molar-refractivity contribution in [3.63, 3.8) is 0 Å². The third-order valence-electron chi connectivity index (χ3n) is 5.44. The topological polar surface area (TPSA) is 72.9 Å². The van der Waals surface area contributed by atoms with Crippen LogP contribution in [0.5, 0.6) is 5.75 Å². The Bertz CT molecular complexity index is 1120. The summed E-state index contributed by atoms with van der Waals surface area (Å²) < 4.78 is 10.6. The lowest BCUT2D eigenvalue weighted by molar-refractivity contribution is -0.154. The highest BCUT2D eigenvalue weighted by Crippen LogP contribution is 2.28. The van der Waals surface area contributed by atoms with Gasteiger partial charge in [0.15, 0.2) is 12.9 Å². The van der Waals surface area contributed by atoms with Crippen LogP contribution in [0, 0.1) is 0 Å². The molecular weight excluding hydrogens is 382 g/mol. The van der Waals surface area contributed by atoms with Crippen LogP contribution in [0.15, 0.2) is 60.7 Å². The van der Waals surface area contributed by atoms with Crippen LogP contribution in [0.2, 0.25) is 0 Å². The minimum Gasteiger partial charge on any atom is -0.483 e. The van der Waals surface area contributed by atoms with Crippen molar-refractivity contribution < 1.29 is 23.9 Å². The maximum Gasteiger partial charge on any atom is 0.328 e. The number of benzene rings is 3. The van der Waals surface area contributed by atoms with Crippen molar-refractivity contribution in [1.29, 1.82) is 0 Å². The number of aldehydes is 1. The predicted octanol–water partition coefficient (Wildman–Crippen LogP) is 3.16. The van der Waals surface area contributed by atoms with Crippen molar-refractivity contribution in [2.45, 2.75) is 19.0 Å². The number of rotatable bonds is 5. The average Bonchev–Trinajstić information content (AvgIpc) is 2.80. The fraction of sp³-hybridized carbons (Fsp3) is 0.208. The molecule has 4 rings (SSSR count). The summed E-state index contributed by atoms with van der Waals surface area (Å²) in [6, 6.07) is 18.0. The highest BCUT2D eigenvalue weighted by molar-refractivity contribution is 6.01. The summed E-state index contributed by atoms with van der Waals surface area (Å²) in [5, 5.41) is 1.67. The number of methoxy groups -OCH3 is 1. The predicted molar refractivity (Wildman–Crippen MR) is 111 cm³/mol. The first-order chi connectivity index (χ1) is 14.6. The molecule has 3 aromatic rings. The van der Waals surface area contributed by atoms with Gasteiger partial charge in [0.1, 0.15) is 11.8 Å². The molecule has 3 aromatic carbocycles. The van der Waals surface area contributed by atoms with Gasteiger partial charge in [-0.15, -0.1) is 0 Å². The molecule has 0 N–H and O–H groups in total. The molecule has 1 amide bonds. The third-order valence-corrected chi connectivity index (χ3v) is 5.44. The maximum absolute atomic E-state index is 13.0. The van der Waals surface area contributed by atoms with Crippen LogP contribution >= 0.6 is 0 Å². The summed E-state index contributed by atoms with van der Waals surface area (Å²) in [6.07, 6.45) is 1.13. The molecule has 152 valence electrons. The smallest absolute Gasteiger partial charge is 0.328 e. The van der Waals surface area contributed by atoms with Gasteiger partial charge >= 0.3 is 5.97 Å². The Balaban J connectivity index is 1.56. The number of hydrogen-bond acceptors (Lipinski definition) is 5. The second-order valence-electron chi connectivity index (χ2n) is 7.14. The first-order valence-electron chi connectivity index (χ1n) is 9.66. The van der Waals surface area contributed by atoms with Crippen molar-refractivity contribution in [1.82, 2.24) is 4.90 Å². The van der Waals surface area contributed by atoms with Crippen LogP contribution in [0.4, 0.5) is 0 Å². The normalized spacial score (nSPS) is 15.4. The minimum absolute atomic E-state index is 0.283. The summed E-state index contributed by atoms with van der Waals surface area (Å²) >= 11 is 0. The lowest BCUT2D eigenvalue weighted by Gasteiger charge is -2.35. The molecule has 1 heterocycles. The molecule has 1 aliphatic heterocycles. The molecule has 1 aliphatic rings. The molecule has 0 saturated carbocycles. The van der Waals surface area contributed by atoms with E-state index in [0.29, 0.717) is 24.3 Å². The fourth-order valence-electron chi connectivity index (χ4n) is 3.88. The van der Waals surface area contributed by atoms with Gasteiger partial charge < -0.3 is 14.4 Å². The van der Waals surface area contributed by atoms with E-state index in [1.54, 1.807) is 6.07 Å². The third kappa shape index (κ3) is 3.64. The Hall–Kier alpha value is -3.67. The van der Waals surface area contributed by atoms with E-state index in [2.05, 4.69) is 0 Å². The van der Waals surface area contributed by atoms with Crippen LogP contribution in [0.3, 0.4) is 0 Å².